The van der Waals surface area contributed by atoms with Crippen LogP contribution in [0.1, 0.15) is 64.4 Å². The Kier molecular flexibility index (Phi) is 5.11. The van der Waals surface area contributed by atoms with Crippen molar-refractivity contribution in [2.24, 2.45) is 28.6 Å². The van der Waals surface area contributed by atoms with Crippen molar-refractivity contribution in [3.8, 4) is 0 Å². The molecule has 0 radical (unpaired) electrons. The molecule has 7 atom stereocenters. The molecule has 4 nitrogen and oxygen atoms in total. The van der Waals surface area contributed by atoms with Gasteiger partial charge in [-0.2, -0.15) is 0 Å². The van der Waals surface area contributed by atoms with Gasteiger partial charge in [0.15, 0.2) is 5.79 Å². The highest BCUT2D eigenvalue weighted by atomic mass is 16.7. The number of rotatable bonds is 3. The van der Waals surface area contributed by atoms with E-state index in [0.717, 1.165) is 38.5 Å². The number of ether oxygens (including phenoxy) is 3. The zero-order chi connectivity index (χ0) is 22.0. The molecule has 4 aliphatic carbocycles. The molecule has 4 heteroatoms. The first-order valence-corrected chi connectivity index (χ1v) is 12.8. The third-order valence-electron chi connectivity index (χ3n) is 10.1. The fourth-order valence-corrected chi connectivity index (χ4v) is 8.55. The zero-order valence-corrected chi connectivity index (χ0v) is 19.6. The molecule has 6 rings (SSSR count). The second kappa shape index (κ2) is 7.66. The molecular weight excluding hydrogens is 400 g/mol. The molecule has 3 saturated carbocycles. The van der Waals surface area contributed by atoms with E-state index in [-0.39, 0.29) is 23.0 Å². The molecule has 1 aromatic carbocycles. The Balaban J connectivity index is 1.37. The fourth-order valence-electron chi connectivity index (χ4n) is 8.55. The van der Waals surface area contributed by atoms with E-state index >= 15 is 0 Å². The number of hydrogen-bond donors (Lipinski definition) is 1. The normalized spacial score (nSPS) is 44.6. The molecule has 1 spiro atoms. The van der Waals surface area contributed by atoms with E-state index in [4.69, 9.17) is 14.2 Å². The molecule has 1 aromatic rings. The summed E-state index contributed by atoms with van der Waals surface area (Å²) in [6.45, 7) is 6.98. The predicted molar refractivity (Wildman–Crippen MR) is 123 cm³/mol. The van der Waals surface area contributed by atoms with E-state index in [1.54, 1.807) is 0 Å². The number of hydrogen-bond acceptors (Lipinski definition) is 4. The first kappa shape index (κ1) is 21.3. The van der Waals surface area contributed by atoms with Gasteiger partial charge in [-0.3, -0.25) is 0 Å². The van der Waals surface area contributed by atoms with Crippen LogP contribution in [0.25, 0.3) is 0 Å². The first-order chi connectivity index (χ1) is 15.5. The summed E-state index contributed by atoms with van der Waals surface area (Å²) in [6.07, 6.45) is 9.58. The SMILES string of the molecule is C[C@]12CC[C@H](O)CC1=CCC1C2C(OCc2ccccc2)C[C@@]2(C)C1CCC21OCCO1. The van der Waals surface area contributed by atoms with Crippen molar-refractivity contribution in [1.82, 2.24) is 0 Å². The Morgan fingerprint density at radius 2 is 1.84 bits per heavy atom. The van der Waals surface area contributed by atoms with Gasteiger partial charge in [-0.25, -0.2) is 0 Å². The van der Waals surface area contributed by atoms with E-state index < -0.39 is 5.79 Å². The quantitative estimate of drug-likeness (QED) is 0.655. The van der Waals surface area contributed by atoms with Crippen LogP contribution in [0.2, 0.25) is 0 Å². The summed E-state index contributed by atoms with van der Waals surface area (Å²) in [5.74, 6) is 1.26. The van der Waals surface area contributed by atoms with E-state index in [1.165, 1.54) is 17.6 Å². The van der Waals surface area contributed by atoms with Crippen molar-refractivity contribution in [3.05, 3.63) is 47.5 Å². The number of fused-ring (bicyclic) bond motifs is 6. The Morgan fingerprint density at radius 3 is 2.62 bits per heavy atom. The minimum Gasteiger partial charge on any atom is -0.393 e. The number of aliphatic hydroxyl groups excluding tert-OH is 1. The summed E-state index contributed by atoms with van der Waals surface area (Å²) in [5.41, 5.74) is 2.83. The lowest BCUT2D eigenvalue weighted by Gasteiger charge is -2.61. The van der Waals surface area contributed by atoms with Gasteiger partial charge in [0.05, 0.1) is 32.0 Å². The average Bonchev–Trinajstić information content (AvgIpc) is 3.39. The van der Waals surface area contributed by atoms with Crippen LogP contribution in [0.15, 0.2) is 42.0 Å². The molecule has 5 aliphatic rings. The molecular formula is C28H38O4. The number of benzene rings is 1. The molecule has 4 unspecified atom stereocenters. The highest BCUT2D eigenvalue weighted by Crippen LogP contribution is 2.69. The van der Waals surface area contributed by atoms with Crippen LogP contribution in [-0.4, -0.2) is 36.3 Å². The van der Waals surface area contributed by atoms with Crippen molar-refractivity contribution in [1.29, 1.82) is 0 Å². The van der Waals surface area contributed by atoms with Gasteiger partial charge in [-0.15, -0.1) is 0 Å². The van der Waals surface area contributed by atoms with Crippen LogP contribution in [0.3, 0.4) is 0 Å². The fraction of sp³-hybridized carbons (Fsp3) is 0.714. The lowest BCUT2D eigenvalue weighted by Crippen LogP contribution is -2.60. The monoisotopic (exact) mass is 438 g/mol. The Bertz CT molecular complexity index is 875. The molecule has 1 aliphatic heterocycles. The standard InChI is InChI=1S/C28H38O4/c1-26-12-10-21(29)16-20(26)8-9-22-23-11-13-28(31-14-15-32-28)27(23,2)17-24(25(22)26)30-18-19-6-4-3-5-7-19/h3-8,21-25,29H,9-18H2,1-2H3/t21-,22?,23?,24?,25?,26-,27-/m0/s1. The van der Waals surface area contributed by atoms with E-state index in [1.807, 2.05) is 0 Å². The summed E-state index contributed by atoms with van der Waals surface area (Å²) in [6, 6.07) is 10.6. The van der Waals surface area contributed by atoms with Crippen LogP contribution in [0, 0.1) is 28.6 Å². The molecule has 0 amide bonds. The van der Waals surface area contributed by atoms with Crippen LogP contribution in [0.4, 0.5) is 0 Å². The smallest absolute Gasteiger partial charge is 0.174 e. The first-order valence-electron chi connectivity index (χ1n) is 12.8. The van der Waals surface area contributed by atoms with Gasteiger partial charge in [-0.1, -0.05) is 55.8 Å². The summed E-state index contributed by atoms with van der Waals surface area (Å²) in [7, 11) is 0. The van der Waals surface area contributed by atoms with Crippen LogP contribution in [-0.2, 0) is 20.8 Å². The number of aliphatic hydroxyl groups is 1. The van der Waals surface area contributed by atoms with Gasteiger partial charge >= 0.3 is 0 Å². The molecule has 0 bridgehead atoms. The minimum atomic E-state index is -0.426. The summed E-state index contributed by atoms with van der Waals surface area (Å²) < 4.78 is 19.6. The third kappa shape index (κ3) is 3.02. The van der Waals surface area contributed by atoms with Gasteiger partial charge in [-0.05, 0) is 67.3 Å². The van der Waals surface area contributed by atoms with Gasteiger partial charge < -0.3 is 19.3 Å². The van der Waals surface area contributed by atoms with Gasteiger partial charge in [0.25, 0.3) is 0 Å². The van der Waals surface area contributed by atoms with Crippen LogP contribution >= 0.6 is 0 Å². The molecule has 0 aromatic heterocycles. The molecule has 1 heterocycles. The van der Waals surface area contributed by atoms with Gasteiger partial charge in [0, 0.05) is 11.8 Å². The summed E-state index contributed by atoms with van der Waals surface area (Å²) in [4.78, 5) is 0. The molecule has 1 saturated heterocycles. The topological polar surface area (TPSA) is 47.9 Å². The third-order valence-corrected chi connectivity index (χ3v) is 10.1. The Labute approximate surface area is 192 Å². The van der Waals surface area contributed by atoms with Crippen molar-refractivity contribution in [3.63, 3.8) is 0 Å². The Hall–Kier alpha value is -1.20. The van der Waals surface area contributed by atoms with E-state index in [9.17, 15) is 5.11 Å². The molecule has 4 fully saturated rings. The maximum atomic E-state index is 10.4. The lowest BCUT2D eigenvalue weighted by molar-refractivity contribution is -0.261. The van der Waals surface area contributed by atoms with Crippen molar-refractivity contribution < 1.29 is 19.3 Å². The maximum absolute atomic E-state index is 10.4. The van der Waals surface area contributed by atoms with Crippen LogP contribution < -0.4 is 0 Å². The highest BCUT2D eigenvalue weighted by Gasteiger charge is 2.69. The molecule has 1 N–H and O–H groups in total. The van der Waals surface area contributed by atoms with Crippen LogP contribution in [0.5, 0.6) is 0 Å². The second-order valence-corrected chi connectivity index (χ2v) is 11.5. The largest absolute Gasteiger partial charge is 0.393 e. The average molecular weight is 439 g/mol. The minimum absolute atomic E-state index is 0.0120. The van der Waals surface area contributed by atoms with Gasteiger partial charge in [0.1, 0.15) is 0 Å². The maximum Gasteiger partial charge on any atom is 0.174 e. The summed E-state index contributed by atoms with van der Waals surface area (Å²) in [5, 5.41) is 10.4. The second-order valence-electron chi connectivity index (χ2n) is 11.5. The Morgan fingerprint density at radius 1 is 1.06 bits per heavy atom. The van der Waals surface area contributed by atoms with E-state index in [2.05, 4.69) is 50.3 Å². The van der Waals surface area contributed by atoms with Crippen molar-refractivity contribution in [2.45, 2.75) is 83.4 Å². The zero-order valence-electron chi connectivity index (χ0n) is 19.6. The van der Waals surface area contributed by atoms with E-state index in [0.29, 0.717) is 37.6 Å². The summed E-state index contributed by atoms with van der Waals surface area (Å²) >= 11 is 0. The van der Waals surface area contributed by atoms with Crippen molar-refractivity contribution >= 4 is 0 Å². The highest BCUT2D eigenvalue weighted by molar-refractivity contribution is 5.27. The molecule has 174 valence electrons. The molecule has 32 heavy (non-hydrogen) atoms. The van der Waals surface area contributed by atoms with Crippen molar-refractivity contribution in [2.75, 3.05) is 13.2 Å². The predicted octanol–water partition coefficient (Wildman–Crippen LogP) is 5.25. The lowest BCUT2D eigenvalue weighted by atomic mass is 9.46. The number of allylic oxidation sites excluding steroid dienone is 1. The van der Waals surface area contributed by atoms with Gasteiger partial charge in [0.2, 0.25) is 0 Å².